The Labute approximate surface area is 137 Å². The fourth-order valence-electron chi connectivity index (χ4n) is 3.74. The van der Waals surface area contributed by atoms with Gasteiger partial charge in [-0.2, -0.15) is 0 Å². The first-order valence-corrected chi connectivity index (χ1v) is 8.88. The van der Waals surface area contributed by atoms with Crippen molar-refractivity contribution in [3.05, 3.63) is 33.8 Å². The van der Waals surface area contributed by atoms with E-state index in [-0.39, 0.29) is 0 Å². The summed E-state index contributed by atoms with van der Waals surface area (Å²) in [6.45, 7) is 4.13. The number of hydrogen-bond donors (Lipinski definition) is 1. The average Bonchev–Trinajstić information content (AvgIpc) is 2.52. The summed E-state index contributed by atoms with van der Waals surface area (Å²) >= 11 is 12.6. The maximum atomic E-state index is 6.31. The normalized spacial score (nSPS) is 25.1. The van der Waals surface area contributed by atoms with Gasteiger partial charge >= 0.3 is 0 Å². The van der Waals surface area contributed by atoms with Gasteiger partial charge in [0.15, 0.2) is 0 Å². The zero-order valence-corrected chi connectivity index (χ0v) is 14.0. The van der Waals surface area contributed by atoms with Crippen LogP contribution in [0, 0.1) is 5.92 Å². The quantitative estimate of drug-likeness (QED) is 0.888. The van der Waals surface area contributed by atoms with Gasteiger partial charge in [-0.1, -0.05) is 48.5 Å². The lowest BCUT2D eigenvalue weighted by atomic mass is 9.83. The minimum absolute atomic E-state index is 0.639. The third-order valence-corrected chi connectivity index (χ3v) is 5.66. The summed E-state index contributed by atoms with van der Waals surface area (Å²) in [6, 6.07) is 6.42. The van der Waals surface area contributed by atoms with Crippen LogP contribution in [-0.4, -0.2) is 30.6 Å². The molecule has 0 radical (unpaired) electrons. The lowest BCUT2D eigenvalue weighted by Crippen LogP contribution is -2.53. The van der Waals surface area contributed by atoms with E-state index in [0.717, 1.165) is 47.7 Å². The van der Waals surface area contributed by atoms with Crippen molar-refractivity contribution >= 4 is 23.2 Å². The van der Waals surface area contributed by atoms with Gasteiger partial charge < -0.3 is 5.32 Å². The highest BCUT2D eigenvalue weighted by molar-refractivity contribution is 6.35. The topological polar surface area (TPSA) is 15.3 Å². The monoisotopic (exact) mass is 326 g/mol. The second-order valence-corrected chi connectivity index (χ2v) is 7.21. The summed E-state index contributed by atoms with van der Waals surface area (Å²) < 4.78 is 0. The molecular formula is C17H24Cl2N2. The molecule has 2 nitrogen and oxygen atoms in total. The molecule has 1 aliphatic heterocycles. The number of nitrogens with one attached hydrogen (secondary N) is 1. The molecule has 1 saturated heterocycles. The third-order valence-electron chi connectivity index (χ3n) is 4.95. The van der Waals surface area contributed by atoms with Gasteiger partial charge in [0.05, 0.1) is 0 Å². The van der Waals surface area contributed by atoms with Crippen LogP contribution in [-0.2, 0) is 6.54 Å². The molecule has 0 amide bonds. The molecule has 0 aromatic heterocycles. The average molecular weight is 327 g/mol. The van der Waals surface area contributed by atoms with Gasteiger partial charge in [0.25, 0.3) is 0 Å². The van der Waals surface area contributed by atoms with Crippen molar-refractivity contribution in [2.75, 3.05) is 19.6 Å². The Hall–Kier alpha value is -0.280. The molecule has 1 aromatic rings. The van der Waals surface area contributed by atoms with Crippen LogP contribution in [0.15, 0.2) is 18.2 Å². The predicted molar refractivity (Wildman–Crippen MR) is 90.1 cm³/mol. The third kappa shape index (κ3) is 3.92. The number of rotatable bonds is 3. The lowest BCUT2D eigenvalue weighted by Gasteiger charge is -2.39. The van der Waals surface area contributed by atoms with Gasteiger partial charge in [-0.15, -0.1) is 0 Å². The van der Waals surface area contributed by atoms with E-state index in [0.29, 0.717) is 6.04 Å². The zero-order valence-electron chi connectivity index (χ0n) is 12.5. The molecule has 1 heterocycles. The first-order chi connectivity index (χ1) is 10.2. The van der Waals surface area contributed by atoms with Crippen molar-refractivity contribution in [1.82, 2.24) is 10.2 Å². The van der Waals surface area contributed by atoms with Crippen molar-refractivity contribution in [3.63, 3.8) is 0 Å². The Bertz CT molecular complexity index is 452. The number of hydrogen-bond acceptors (Lipinski definition) is 2. The SMILES string of the molecule is Clc1cccc(Cl)c1CN1CCNC(C2CCCCC2)C1. The van der Waals surface area contributed by atoms with Crippen molar-refractivity contribution in [1.29, 1.82) is 0 Å². The van der Waals surface area contributed by atoms with Gasteiger partial charge in [0, 0.05) is 47.8 Å². The molecule has 21 heavy (non-hydrogen) atoms. The molecule has 116 valence electrons. The Morgan fingerprint density at radius 1 is 1.10 bits per heavy atom. The van der Waals surface area contributed by atoms with E-state index in [2.05, 4.69) is 10.2 Å². The second kappa shape index (κ2) is 7.32. The van der Waals surface area contributed by atoms with Crippen molar-refractivity contribution < 1.29 is 0 Å². The van der Waals surface area contributed by atoms with Gasteiger partial charge in [0.1, 0.15) is 0 Å². The lowest BCUT2D eigenvalue weighted by molar-refractivity contribution is 0.141. The Kier molecular flexibility index (Phi) is 5.44. The molecule has 2 aliphatic rings. The second-order valence-electron chi connectivity index (χ2n) is 6.39. The minimum Gasteiger partial charge on any atom is -0.311 e. The molecular weight excluding hydrogens is 303 g/mol. The van der Waals surface area contributed by atoms with Crippen LogP contribution in [0.2, 0.25) is 10.0 Å². The summed E-state index contributed by atoms with van der Waals surface area (Å²) in [5.41, 5.74) is 1.07. The molecule has 0 bridgehead atoms. The number of benzene rings is 1. The summed E-state index contributed by atoms with van der Waals surface area (Å²) in [5.74, 6) is 0.850. The summed E-state index contributed by atoms with van der Waals surface area (Å²) in [4.78, 5) is 2.50. The van der Waals surface area contributed by atoms with Crippen LogP contribution in [0.25, 0.3) is 0 Å². The first-order valence-electron chi connectivity index (χ1n) is 8.12. The molecule has 4 heteroatoms. The standard InChI is InChI=1S/C17H24Cl2N2/c18-15-7-4-8-16(19)14(15)11-21-10-9-20-17(12-21)13-5-2-1-3-6-13/h4,7-8,13,17,20H,1-3,5-6,9-12H2. The first kappa shape index (κ1) is 15.6. The largest absolute Gasteiger partial charge is 0.311 e. The van der Waals surface area contributed by atoms with Crippen molar-refractivity contribution in [2.45, 2.75) is 44.7 Å². The maximum Gasteiger partial charge on any atom is 0.0465 e. The highest BCUT2D eigenvalue weighted by atomic mass is 35.5. The highest BCUT2D eigenvalue weighted by Crippen LogP contribution is 2.29. The number of piperazine rings is 1. The Morgan fingerprint density at radius 3 is 2.52 bits per heavy atom. The zero-order chi connectivity index (χ0) is 14.7. The minimum atomic E-state index is 0.639. The predicted octanol–water partition coefficient (Wildman–Crippen LogP) is 4.35. The van der Waals surface area contributed by atoms with Crippen LogP contribution in [0.1, 0.15) is 37.7 Å². The molecule has 1 N–H and O–H groups in total. The molecule has 1 atom stereocenters. The van der Waals surface area contributed by atoms with Gasteiger partial charge in [-0.05, 0) is 30.9 Å². The highest BCUT2D eigenvalue weighted by Gasteiger charge is 2.28. The van der Waals surface area contributed by atoms with E-state index in [4.69, 9.17) is 23.2 Å². The molecule has 1 unspecified atom stereocenters. The molecule has 2 fully saturated rings. The van der Waals surface area contributed by atoms with Crippen molar-refractivity contribution in [3.8, 4) is 0 Å². The van der Waals surface area contributed by atoms with E-state index in [9.17, 15) is 0 Å². The number of nitrogens with zero attached hydrogens (tertiary/aromatic N) is 1. The summed E-state index contributed by atoms with van der Waals surface area (Å²) in [5, 5.41) is 5.30. The summed E-state index contributed by atoms with van der Waals surface area (Å²) in [7, 11) is 0. The van der Waals surface area contributed by atoms with Gasteiger partial charge in [-0.25, -0.2) is 0 Å². The van der Waals surface area contributed by atoms with E-state index < -0.39 is 0 Å². The summed E-state index contributed by atoms with van der Waals surface area (Å²) in [6.07, 6.45) is 7.00. The Balaban J connectivity index is 1.63. The van der Waals surface area contributed by atoms with Crippen LogP contribution in [0.5, 0.6) is 0 Å². The van der Waals surface area contributed by atoms with E-state index in [1.54, 1.807) is 0 Å². The smallest absolute Gasteiger partial charge is 0.0465 e. The molecule has 1 aromatic carbocycles. The van der Waals surface area contributed by atoms with Crippen LogP contribution in [0.3, 0.4) is 0 Å². The maximum absolute atomic E-state index is 6.31. The van der Waals surface area contributed by atoms with Crippen molar-refractivity contribution in [2.24, 2.45) is 5.92 Å². The fourth-order valence-corrected chi connectivity index (χ4v) is 4.26. The van der Waals surface area contributed by atoms with E-state index >= 15 is 0 Å². The van der Waals surface area contributed by atoms with Crippen LogP contribution in [0.4, 0.5) is 0 Å². The van der Waals surface area contributed by atoms with Gasteiger partial charge in [-0.3, -0.25) is 4.90 Å². The van der Waals surface area contributed by atoms with E-state index in [1.807, 2.05) is 18.2 Å². The molecule has 3 rings (SSSR count). The number of halogens is 2. The fraction of sp³-hybridized carbons (Fsp3) is 0.647. The molecule has 1 aliphatic carbocycles. The van der Waals surface area contributed by atoms with E-state index in [1.165, 1.54) is 32.1 Å². The molecule has 0 spiro atoms. The Morgan fingerprint density at radius 2 is 1.81 bits per heavy atom. The molecule has 1 saturated carbocycles. The van der Waals surface area contributed by atoms with Crippen LogP contribution < -0.4 is 5.32 Å². The van der Waals surface area contributed by atoms with Crippen LogP contribution >= 0.6 is 23.2 Å². The van der Waals surface area contributed by atoms with Gasteiger partial charge in [0.2, 0.25) is 0 Å².